The van der Waals surface area contributed by atoms with Crippen LogP contribution >= 0.6 is 0 Å². The van der Waals surface area contributed by atoms with Crippen LogP contribution in [0.25, 0.3) is 0 Å². The number of epoxide rings is 1. The third-order valence-corrected chi connectivity index (χ3v) is 14.8. The molecule has 14 heteroatoms. The number of ketones is 1. The Morgan fingerprint density at radius 3 is 2.11 bits per heavy atom. The lowest BCUT2D eigenvalue weighted by molar-refractivity contribution is -0.269. The molecule has 1 unspecified atom stereocenters. The number of carbonyl (C=O) groups is 6. The quantitative estimate of drug-likeness (QED) is 0.228. The average molecular weight is 745 g/mol. The van der Waals surface area contributed by atoms with E-state index in [2.05, 4.69) is 0 Å². The van der Waals surface area contributed by atoms with Gasteiger partial charge >= 0.3 is 29.8 Å². The van der Waals surface area contributed by atoms with E-state index in [1.54, 1.807) is 19.9 Å². The van der Waals surface area contributed by atoms with Crippen LogP contribution in [0.3, 0.4) is 0 Å². The normalized spacial score (nSPS) is 50.2. The zero-order valence-electron chi connectivity index (χ0n) is 32.0. The Morgan fingerprint density at radius 1 is 0.906 bits per heavy atom. The number of ether oxygens (including phenoxy) is 6. The largest absolute Gasteiger partial charge is 0.462 e. The van der Waals surface area contributed by atoms with Gasteiger partial charge in [-0.2, -0.15) is 0 Å². The summed E-state index contributed by atoms with van der Waals surface area (Å²) in [4.78, 5) is 81.0. The van der Waals surface area contributed by atoms with E-state index in [1.165, 1.54) is 20.8 Å². The lowest BCUT2D eigenvalue weighted by Crippen LogP contribution is -2.77. The number of carbonyl (C=O) groups excluding carboxylic acids is 6. The van der Waals surface area contributed by atoms with Crippen molar-refractivity contribution in [3.8, 4) is 0 Å². The monoisotopic (exact) mass is 744 g/mol. The summed E-state index contributed by atoms with van der Waals surface area (Å²) in [6.45, 7) is 16.0. The first-order chi connectivity index (χ1) is 24.5. The molecule has 0 aromatic carbocycles. The van der Waals surface area contributed by atoms with Gasteiger partial charge in [-0.1, -0.05) is 34.6 Å². The van der Waals surface area contributed by atoms with Crippen LogP contribution in [0.2, 0.25) is 0 Å². The van der Waals surface area contributed by atoms with Crippen molar-refractivity contribution in [1.29, 1.82) is 0 Å². The molecule has 14 nitrogen and oxygen atoms in total. The molecule has 17 atom stereocenters. The van der Waals surface area contributed by atoms with E-state index in [4.69, 9.17) is 28.4 Å². The second kappa shape index (κ2) is 11.8. The highest BCUT2D eigenvalue weighted by Gasteiger charge is 2.84. The lowest BCUT2D eigenvalue weighted by atomic mass is 9.40. The topological polar surface area (TPSA) is 202 Å². The molecule has 5 aliphatic carbocycles. The van der Waals surface area contributed by atoms with Gasteiger partial charge in [0, 0.05) is 62.2 Å². The summed E-state index contributed by atoms with van der Waals surface area (Å²) in [6, 6.07) is 0. The number of esters is 5. The van der Waals surface area contributed by atoms with Crippen molar-refractivity contribution in [2.75, 3.05) is 0 Å². The Hall–Kier alpha value is -3.36. The molecule has 2 saturated heterocycles. The highest BCUT2D eigenvalue weighted by atomic mass is 16.6. The van der Waals surface area contributed by atoms with Gasteiger partial charge in [-0.15, -0.1) is 0 Å². The standard InChI is InChI=1S/C39H52O14/c1-15(2)11-24(43)53-33-29-21(51-29)14-39(47)32(44)30(49-18(5)41)25-20(36(33,39)8)13-22(48-17(4)40)35(7)26-16(3)12-23-37(9,38(10,46)34(45)52-23)28(26)31(27(25)35)50-19(6)42/h12,15-16,20-22,25-31,33,46-47H,11,13-14H2,1-10H3/t16-,20+,21+,22+,25-,26+,27-,28-,29+,30-,31-,33+,35-,36+,37+,38-,39?/m1/s1. The third-order valence-electron chi connectivity index (χ3n) is 14.8. The van der Waals surface area contributed by atoms with Crippen LogP contribution in [0.5, 0.6) is 0 Å². The molecule has 292 valence electrons. The summed E-state index contributed by atoms with van der Waals surface area (Å²) >= 11 is 0. The maximum absolute atomic E-state index is 15.1. The number of allylic oxidation sites excluding steroid dienone is 1. The van der Waals surface area contributed by atoms with Crippen LogP contribution in [-0.4, -0.2) is 93.7 Å². The van der Waals surface area contributed by atoms with Crippen molar-refractivity contribution < 1.29 is 67.4 Å². The summed E-state index contributed by atoms with van der Waals surface area (Å²) in [5, 5.41) is 24.8. The Kier molecular flexibility index (Phi) is 8.46. The fourth-order valence-electron chi connectivity index (χ4n) is 12.5. The summed E-state index contributed by atoms with van der Waals surface area (Å²) in [7, 11) is 0. The lowest BCUT2D eigenvalue weighted by Gasteiger charge is -2.65. The molecule has 2 heterocycles. The minimum absolute atomic E-state index is 0.0402. The molecule has 53 heavy (non-hydrogen) atoms. The molecule has 2 aliphatic heterocycles. The molecule has 4 saturated carbocycles. The van der Waals surface area contributed by atoms with Gasteiger partial charge in [-0.25, -0.2) is 4.79 Å². The first kappa shape index (κ1) is 37.9. The molecule has 7 rings (SSSR count). The maximum Gasteiger partial charge on any atom is 0.343 e. The van der Waals surface area contributed by atoms with Crippen LogP contribution in [0, 0.1) is 57.7 Å². The number of fused-ring (bicyclic) bond motifs is 10. The van der Waals surface area contributed by atoms with Crippen molar-refractivity contribution in [3.05, 3.63) is 11.8 Å². The SMILES string of the molecule is CC(=O)O[C@@H]1[C@H]2[C@@H]3[C@@H](OC(C)=O)C(=O)C4(O)C[C@@H]5O[C@@H]5[C@H](OC(=O)CC(C)C)[C@]4(C)[C@H]3C[C@H](OC(C)=O)[C@]2(C)[C@@H]2[C@H]1[C@]1(C)C(=C[C@H]2C)OC(=O)[C@@]1(C)O. The van der Waals surface area contributed by atoms with E-state index in [0.717, 1.165) is 6.92 Å². The highest BCUT2D eigenvalue weighted by molar-refractivity contribution is 5.95. The molecule has 7 aliphatic rings. The molecule has 0 aromatic rings. The number of hydrogen-bond donors (Lipinski definition) is 2. The second-order valence-electron chi connectivity index (χ2n) is 18.0. The highest BCUT2D eigenvalue weighted by Crippen LogP contribution is 2.76. The molecule has 0 bridgehead atoms. The fourth-order valence-corrected chi connectivity index (χ4v) is 12.5. The van der Waals surface area contributed by atoms with Crippen LogP contribution in [0.1, 0.15) is 88.5 Å². The average Bonchev–Trinajstić information content (AvgIpc) is 3.69. The molecule has 6 fully saturated rings. The van der Waals surface area contributed by atoms with Gasteiger partial charge in [-0.3, -0.25) is 24.0 Å². The Balaban J connectivity index is 1.49. The van der Waals surface area contributed by atoms with Gasteiger partial charge < -0.3 is 38.6 Å². The van der Waals surface area contributed by atoms with Crippen LogP contribution in [0.4, 0.5) is 0 Å². The van der Waals surface area contributed by atoms with E-state index in [1.807, 2.05) is 27.7 Å². The Morgan fingerprint density at radius 2 is 1.53 bits per heavy atom. The zero-order chi connectivity index (χ0) is 39.1. The molecular weight excluding hydrogens is 692 g/mol. The Bertz CT molecular complexity index is 1700. The molecule has 0 spiro atoms. The van der Waals surface area contributed by atoms with Gasteiger partial charge in [0.05, 0.1) is 11.5 Å². The van der Waals surface area contributed by atoms with Crippen molar-refractivity contribution >= 4 is 35.6 Å². The summed E-state index contributed by atoms with van der Waals surface area (Å²) < 4.78 is 36.4. The molecule has 2 N–H and O–H groups in total. The maximum atomic E-state index is 15.1. The minimum Gasteiger partial charge on any atom is -0.462 e. The number of Topliss-reactive ketones (excluding diaryl/α,β-unsaturated/α-hetero) is 1. The van der Waals surface area contributed by atoms with Crippen molar-refractivity contribution in [2.24, 2.45) is 57.7 Å². The van der Waals surface area contributed by atoms with Crippen molar-refractivity contribution in [1.82, 2.24) is 0 Å². The van der Waals surface area contributed by atoms with Gasteiger partial charge in [0.1, 0.15) is 35.8 Å². The third kappa shape index (κ3) is 4.85. The molecule has 0 aromatic heterocycles. The van der Waals surface area contributed by atoms with E-state index in [-0.39, 0.29) is 30.9 Å². The number of hydrogen-bond acceptors (Lipinski definition) is 14. The molecule has 0 amide bonds. The molecule has 0 radical (unpaired) electrons. The summed E-state index contributed by atoms with van der Waals surface area (Å²) in [5.41, 5.74) is -8.46. The molecular formula is C39H52O14. The zero-order valence-corrected chi connectivity index (χ0v) is 32.0. The van der Waals surface area contributed by atoms with Gasteiger partial charge in [-0.05, 0) is 50.0 Å². The van der Waals surface area contributed by atoms with Gasteiger partial charge in [0.2, 0.25) is 5.78 Å². The fraction of sp³-hybridized carbons (Fsp3) is 0.795. The van der Waals surface area contributed by atoms with Crippen LogP contribution in [-0.2, 0) is 57.2 Å². The predicted octanol–water partition coefficient (Wildman–Crippen LogP) is 2.58. The van der Waals surface area contributed by atoms with Gasteiger partial charge in [0.15, 0.2) is 11.7 Å². The smallest absolute Gasteiger partial charge is 0.343 e. The van der Waals surface area contributed by atoms with E-state index in [9.17, 15) is 34.2 Å². The van der Waals surface area contributed by atoms with E-state index in [0.29, 0.717) is 0 Å². The van der Waals surface area contributed by atoms with Crippen LogP contribution in [0.15, 0.2) is 11.8 Å². The number of rotatable bonds is 6. The van der Waals surface area contributed by atoms with E-state index < -0.39 is 135 Å². The predicted molar refractivity (Wildman–Crippen MR) is 180 cm³/mol. The second-order valence-corrected chi connectivity index (χ2v) is 18.0. The minimum atomic E-state index is -2.21. The summed E-state index contributed by atoms with van der Waals surface area (Å²) in [5.74, 6) is -8.64. The Labute approximate surface area is 308 Å². The number of aliphatic hydroxyl groups is 2. The van der Waals surface area contributed by atoms with Gasteiger partial charge in [0.25, 0.3) is 0 Å². The first-order valence-electron chi connectivity index (χ1n) is 18.8. The van der Waals surface area contributed by atoms with E-state index >= 15 is 4.79 Å². The van der Waals surface area contributed by atoms with Crippen molar-refractivity contribution in [3.63, 3.8) is 0 Å². The summed E-state index contributed by atoms with van der Waals surface area (Å²) in [6.07, 6.45) is -4.25. The van der Waals surface area contributed by atoms with Crippen molar-refractivity contribution in [2.45, 2.75) is 136 Å². The first-order valence-corrected chi connectivity index (χ1v) is 18.8. The van der Waals surface area contributed by atoms with Crippen LogP contribution < -0.4 is 0 Å².